The van der Waals surface area contributed by atoms with Gasteiger partial charge in [-0.15, -0.1) is 0 Å². The highest BCUT2D eigenvalue weighted by Gasteiger charge is 2.48. The molecule has 2 N–H and O–H groups in total. The Morgan fingerprint density at radius 2 is 1.91 bits per heavy atom. The summed E-state index contributed by atoms with van der Waals surface area (Å²) in [6, 6.07) is 6.76. The number of amides is 4. The van der Waals surface area contributed by atoms with E-state index < -0.39 is 17.5 Å². The summed E-state index contributed by atoms with van der Waals surface area (Å²) in [5.41, 5.74) is -0.304. The predicted octanol–water partition coefficient (Wildman–Crippen LogP) is 2.59. The molecule has 1 saturated heterocycles. The van der Waals surface area contributed by atoms with E-state index >= 15 is 0 Å². The smallest absolute Gasteiger partial charge is 0.325 e. The molecule has 7 heteroatoms. The van der Waals surface area contributed by atoms with Crippen molar-refractivity contribution >= 4 is 46.1 Å². The lowest BCUT2D eigenvalue weighted by molar-refractivity contribution is -0.133. The van der Waals surface area contributed by atoms with Crippen LogP contribution in [0.25, 0.3) is 0 Å². The summed E-state index contributed by atoms with van der Waals surface area (Å²) in [6.45, 7) is 5.38. The van der Waals surface area contributed by atoms with Crippen molar-refractivity contribution in [3.8, 4) is 0 Å². The Morgan fingerprint density at radius 1 is 1.30 bits per heavy atom. The van der Waals surface area contributed by atoms with Crippen LogP contribution in [0.1, 0.15) is 27.2 Å². The summed E-state index contributed by atoms with van der Waals surface area (Å²) < 4.78 is 1.05. The first-order valence-electron chi connectivity index (χ1n) is 7.41. The van der Waals surface area contributed by atoms with Crippen molar-refractivity contribution in [1.82, 2.24) is 10.2 Å². The maximum atomic E-state index is 12.5. The van der Waals surface area contributed by atoms with Gasteiger partial charge in [-0.05, 0) is 66.1 Å². The standard InChI is InChI=1S/C16H20IN3O3/c1-10(2)8-16(3)14(22)20(15(23)19-16)9-13(21)18-12-6-4-11(17)5-7-12/h4-7,10H,8-9H2,1-3H3,(H,18,21)(H,19,23). The van der Waals surface area contributed by atoms with E-state index in [4.69, 9.17) is 0 Å². The third-order valence-corrected chi connectivity index (χ3v) is 4.31. The van der Waals surface area contributed by atoms with E-state index in [1.165, 1.54) is 0 Å². The molecule has 1 heterocycles. The van der Waals surface area contributed by atoms with Gasteiger partial charge in [0.05, 0.1) is 0 Å². The molecule has 6 nitrogen and oxygen atoms in total. The lowest BCUT2D eigenvalue weighted by Gasteiger charge is -2.23. The van der Waals surface area contributed by atoms with Gasteiger partial charge in [0.25, 0.3) is 5.91 Å². The van der Waals surface area contributed by atoms with Crippen LogP contribution in [0.15, 0.2) is 24.3 Å². The average Bonchev–Trinajstić information content (AvgIpc) is 2.64. The molecule has 1 aromatic rings. The van der Waals surface area contributed by atoms with Crippen LogP contribution in [0.2, 0.25) is 0 Å². The number of anilines is 1. The zero-order chi connectivity index (χ0) is 17.2. The number of hydrogen-bond acceptors (Lipinski definition) is 3. The number of imide groups is 1. The van der Waals surface area contributed by atoms with E-state index in [0.717, 1.165) is 8.47 Å². The number of nitrogens with one attached hydrogen (secondary N) is 2. The Labute approximate surface area is 149 Å². The number of halogens is 1. The van der Waals surface area contributed by atoms with Gasteiger partial charge in [0.2, 0.25) is 5.91 Å². The van der Waals surface area contributed by atoms with Crippen molar-refractivity contribution in [3.63, 3.8) is 0 Å². The topological polar surface area (TPSA) is 78.5 Å². The molecule has 23 heavy (non-hydrogen) atoms. The van der Waals surface area contributed by atoms with Crippen LogP contribution in [-0.2, 0) is 9.59 Å². The maximum absolute atomic E-state index is 12.5. The van der Waals surface area contributed by atoms with Crippen LogP contribution in [-0.4, -0.2) is 34.8 Å². The van der Waals surface area contributed by atoms with Gasteiger partial charge < -0.3 is 10.6 Å². The molecule has 2 rings (SSSR count). The van der Waals surface area contributed by atoms with Crippen LogP contribution in [0.4, 0.5) is 10.5 Å². The van der Waals surface area contributed by atoms with Gasteiger partial charge in [-0.1, -0.05) is 13.8 Å². The van der Waals surface area contributed by atoms with Gasteiger partial charge in [-0.25, -0.2) is 4.79 Å². The summed E-state index contributed by atoms with van der Waals surface area (Å²) in [5, 5.41) is 5.38. The van der Waals surface area contributed by atoms with E-state index in [2.05, 4.69) is 33.2 Å². The molecule has 0 saturated carbocycles. The molecular weight excluding hydrogens is 409 g/mol. The van der Waals surface area contributed by atoms with Crippen LogP contribution in [0, 0.1) is 9.49 Å². The molecule has 1 aliphatic rings. The number of benzene rings is 1. The van der Waals surface area contributed by atoms with E-state index in [1.807, 2.05) is 26.0 Å². The van der Waals surface area contributed by atoms with Crippen molar-refractivity contribution in [2.45, 2.75) is 32.7 Å². The minimum Gasteiger partial charge on any atom is -0.325 e. The van der Waals surface area contributed by atoms with Crippen molar-refractivity contribution in [1.29, 1.82) is 0 Å². The molecule has 124 valence electrons. The number of hydrogen-bond donors (Lipinski definition) is 2. The quantitative estimate of drug-likeness (QED) is 0.558. The first-order valence-corrected chi connectivity index (χ1v) is 8.48. The fourth-order valence-electron chi connectivity index (χ4n) is 2.72. The Kier molecular flexibility index (Phi) is 5.28. The second kappa shape index (κ2) is 6.86. The maximum Gasteiger partial charge on any atom is 0.325 e. The molecule has 0 radical (unpaired) electrons. The lowest BCUT2D eigenvalue weighted by Crippen LogP contribution is -2.45. The second-order valence-corrected chi connectivity index (χ2v) is 7.55. The molecule has 1 unspecified atom stereocenters. The molecule has 1 aliphatic heterocycles. The van der Waals surface area contributed by atoms with Crippen molar-refractivity contribution in [3.05, 3.63) is 27.8 Å². The monoisotopic (exact) mass is 429 g/mol. The predicted molar refractivity (Wildman–Crippen MR) is 95.9 cm³/mol. The molecule has 0 aliphatic carbocycles. The Morgan fingerprint density at radius 3 is 2.48 bits per heavy atom. The van der Waals surface area contributed by atoms with Crippen LogP contribution in [0.3, 0.4) is 0 Å². The van der Waals surface area contributed by atoms with Gasteiger partial charge in [-0.2, -0.15) is 0 Å². The molecule has 0 aromatic heterocycles. The van der Waals surface area contributed by atoms with Gasteiger partial charge in [0, 0.05) is 9.26 Å². The van der Waals surface area contributed by atoms with Crippen LogP contribution >= 0.6 is 22.6 Å². The summed E-state index contributed by atoms with van der Waals surface area (Å²) >= 11 is 2.17. The first-order chi connectivity index (χ1) is 10.7. The minimum atomic E-state index is -0.936. The fraction of sp³-hybridized carbons (Fsp3) is 0.438. The molecular formula is C16H20IN3O3. The van der Waals surface area contributed by atoms with E-state index in [1.54, 1.807) is 19.1 Å². The fourth-order valence-corrected chi connectivity index (χ4v) is 3.08. The summed E-state index contributed by atoms with van der Waals surface area (Å²) in [5.74, 6) is -0.498. The molecule has 4 amide bonds. The van der Waals surface area contributed by atoms with E-state index in [-0.39, 0.29) is 18.4 Å². The lowest BCUT2D eigenvalue weighted by atomic mass is 9.91. The zero-order valence-electron chi connectivity index (χ0n) is 13.4. The van der Waals surface area contributed by atoms with E-state index in [9.17, 15) is 14.4 Å². The van der Waals surface area contributed by atoms with Crippen molar-refractivity contribution in [2.24, 2.45) is 5.92 Å². The molecule has 0 bridgehead atoms. The SMILES string of the molecule is CC(C)CC1(C)NC(=O)N(CC(=O)Nc2ccc(I)cc2)C1=O. The highest BCUT2D eigenvalue weighted by atomic mass is 127. The normalized spacial score (nSPS) is 20.8. The Bertz CT molecular complexity index is 630. The van der Waals surface area contributed by atoms with Gasteiger partial charge in [0.1, 0.15) is 12.1 Å². The second-order valence-electron chi connectivity index (χ2n) is 6.31. The van der Waals surface area contributed by atoms with E-state index in [0.29, 0.717) is 12.1 Å². The third kappa shape index (κ3) is 4.21. The molecule has 1 fully saturated rings. The number of carbonyl (C=O) groups excluding carboxylic acids is 3. The molecule has 1 aromatic carbocycles. The summed E-state index contributed by atoms with van der Waals surface area (Å²) in [7, 11) is 0. The largest absolute Gasteiger partial charge is 0.325 e. The Hall–Kier alpha value is -1.64. The number of rotatable bonds is 5. The minimum absolute atomic E-state index is 0.254. The van der Waals surface area contributed by atoms with Gasteiger partial charge in [0.15, 0.2) is 0 Å². The molecule has 1 atom stereocenters. The first kappa shape index (κ1) is 17.7. The molecule has 0 spiro atoms. The van der Waals surface area contributed by atoms with Gasteiger partial charge in [-0.3, -0.25) is 14.5 Å². The number of carbonyl (C=O) groups is 3. The zero-order valence-corrected chi connectivity index (χ0v) is 15.5. The Balaban J connectivity index is 2.02. The third-order valence-electron chi connectivity index (χ3n) is 3.59. The highest BCUT2D eigenvalue weighted by molar-refractivity contribution is 14.1. The van der Waals surface area contributed by atoms with Crippen molar-refractivity contribution < 1.29 is 14.4 Å². The highest BCUT2D eigenvalue weighted by Crippen LogP contribution is 2.24. The number of urea groups is 1. The number of nitrogens with zero attached hydrogens (tertiary/aromatic N) is 1. The van der Waals surface area contributed by atoms with Crippen LogP contribution in [0.5, 0.6) is 0 Å². The van der Waals surface area contributed by atoms with Crippen molar-refractivity contribution in [2.75, 3.05) is 11.9 Å². The van der Waals surface area contributed by atoms with Gasteiger partial charge >= 0.3 is 6.03 Å². The average molecular weight is 429 g/mol. The summed E-state index contributed by atoms with van der Waals surface area (Å²) in [4.78, 5) is 37.6. The summed E-state index contributed by atoms with van der Waals surface area (Å²) in [6.07, 6.45) is 0.535. The van der Waals surface area contributed by atoms with Crippen LogP contribution < -0.4 is 10.6 Å².